The summed E-state index contributed by atoms with van der Waals surface area (Å²) in [5.74, 6) is -0.277. The molecule has 1 aromatic rings. The van der Waals surface area contributed by atoms with Crippen LogP contribution >= 0.6 is 0 Å². The maximum atomic E-state index is 14.4. The second-order valence-electron chi connectivity index (χ2n) is 6.40. The monoisotopic (exact) mass is 295 g/mol. The van der Waals surface area contributed by atoms with Crippen LogP contribution in [0.15, 0.2) is 24.3 Å². The Morgan fingerprint density at radius 1 is 1.38 bits per heavy atom. The van der Waals surface area contributed by atoms with Crippen molar-refractivity contribution < 1.29 is 19.0 Å². The summed E-state index contributed by atoms with van der Waals surface area (Å²) in [4.78, 5) is 13.4. The average Bonchev–Trinajstić information content (AvgIpc) is 2.38. The van der Waals surface area contributed by atoms with Crippen molar-refractivity contribution in [2.45, 2.75) is 44.9 Å². The summed E-state index contributed by atoms with van der Waals surface area (Å²) in [6.45, 7) is 5.77. The molecule has 2 unspecified atom stereocenters. The SMILES string of the molecule is CC(C)(C)OC(=O)N1CCC(c2ccccc2O)C(F)C1. The number of nitrogens with zero attached hydrogens (tertiary/aromatic N) is 1. The van der Waals surface area contributed by atoms with Gasteiger partial charge in [-0.05, 0) is 38.8 Å². The smallest absolute Gasteiger partial charge is 0.410 e. The topological polar surface area (TPSA) is 49.8 Å². The van der Waals surface area contributed by atoms with E-state index in [1.54, 1.807) is 45.0 Å². The Labute approximate surface area is 124 Å². The van der Waals surface area contributed by atoms with Gasteiger partial charge in [-0.25, -0.2) is 9.18 Å². The summed E-state index contributed by atoms with van der Waals surface area (Å²) in [7, 11) is 0. The Hall–Kier alpha value is -1.78. The molecule has 2 rings (SSSR count). The van der Waals surface area contributed by atoms with E-state index in [4.69, 9.17) is 4.74 Å². The number of likely N-dealkylation sites (tertiary alicyclic amines) is 1. The van der Waals surface area contributed by atoms with Crippen molar-refractivity contribution >= 4 is 6.09 Å². The van der Waals surface area contributed by atoms with Gasteiger partial charge >= 0.3 is 6.09 Å². The van der Waals surface area contributed by atoms with Gasteiger partial charge in [-0.3, -0.25) is 0 Å². The summed E-state index contributed by atoms with van der Waals surface area (Å²) in [6, 6.07) is 6.78. The van der Waals surface area contributed by atoms with Crippen LogP contribution in [-0.2, 0) is 4.74 Å². The maximum absolute atomic E-state index is 14.4. The number of rotatable bonds is 1. The Balaban J connectivity index is 2.03. The number of aromatic hydroxyl groups is 1. The fourth-order valence-corrected chi connectivity index (χ4v) is 2.55. The molecule has 1 amide bonds. The minimum absolute atomic E-state index is 0.00604. The molecule has 4 nitrogen and oxygen atoms in total. The largest absolute Gasteiger partial charge is 0.508 e. The first-order valence-corrected chi connectivity index (χ1v) is 7.18. The predicted molar refractivity (Wildman–Crippen MR) is 78.2 cm³/mol. The lowest BCUT2D eigenvalue weighted by Crippen LogP contribution is -2.46. The van der Waals surface area contributed by atoms with E-state index in [1.165, 1.54) is 4.90 Å². The first kappa shape index (κ1) is 15.6. The van der Waals surface area contributed by atoms with Gasteiger partial charge in [0.05, 0.1) is 6.54 Å². The number of hydrogen-bond acceptors (Lipinski definition) is 3. The molecule has 0 radical (unpaired) electrons. The molecular weight excluding hydrogens is 273 g/mol. The molecule has 5 heteroatoms. The van der Waals surface area contributed by atoms with E-state index >= 15 is 0 Å². The second kappa shape index (κ2) is 5.92. The average molecular weight is 295 g/mol. The summed E-state index contributed by atoms with van der Waals surface area (Å²) in [6.07, 6.45) is -1.22. The molecule has 1 aromatic carbocycles. The van der Waals surface area contributed by atoms with E-state index in [-0.39, 0.29) is 18.2 Å². The first-order valence-electron chi connectivity index (χ1n) is 7.18. The molecule has 116 valence electrons. The third-order valence-electron chi connectivity index (χ3n) is 3.53. The minimum Gasteiger partial charge on any atom is -0.508 e. The Morgan fingerprint density at radius 2 is 2.05 bits per heavy atom. The predicted octanol–water partition coefficient (Wildman–Crippen LogP) is 3.45. The lowest BCUT2D eigenvalue weighted by molar-refractivity contribution is 0.0110. The van der Waals surface area contributed by atoms with Gasteiger partial charge < -0.3 is 14.7 Å². The molecule has 1 N–H and O–H groups in total. The number of halogens is 1. The summed E-state index contributed by atoms with van der Waals surface area (Å²) in [5, 5.41) is 9.84. The van der Waals surface area contributed by atoms with Gasteiger partial charge in [0.15, 0.2) is 0 Å². The highest BCUT2D eigenvalue weighted by Gasteiger charge is 2.35. The number of phenols is 1. The van der Waals surface area contributed by atoms with Crippen LogP contribution in [0.4, 0.5) is 9.18 Å². The van der Waals surface area contributed by atoms with E-state index in [2.05, 4.69) is 0 Å². The van der Waals surface area contributed by atoms with Gasteiger partial charge in [-0.15, -0.1) is 0 Å². The Bertz CT molecular complexity index is 512. The molecule has 21 heavy (non-hydrogen) atoms. The fraction of sp³-hybridized carbons (Fsp3) is 0.562. The van der Waals surface area contributed by atoms with E-state index in [0.29, 0.717) is 18.5 Å². The van der Waals surface area contributed by atoms with Crippen molar-refractivity contribution in [2.75, 3.05) is 13.1 Å². The van der Waals surface area contributed by atoms with Gasteiger partial charge in [0.25, 0.3) is 0 Å². The van der Waals surface area contributed by atoms with Gasteiger partial charge in [0, 0.05) is 12.5 Å². The molecule has 2 atom stereocenters. The van der Waals surface area contributed by atoms with Gasteiger partial charge in [-0.2, -0.15) is 0 Å². The van der Waals surface area contributed by atoms with Crippen LogP contribution in [-0.4, -0.2) is 41.0 Å². The van der Waals surface area contributed by atoms with E-state index < -0.39 is 17.9 Å². The lowest BCUT2D eigenvalue weighted by atomic mass is 9.87. The molecular formula is C16H22FNO3. The maximum Gasteiger partial charge on any atom is 0.410 e. The quantitative estimate of drug-likeness (QED) is 0.863. The number of benzene rings is 1. The second-order valence-corrected chi connectivity index (χ2v) is 6.40. The number of para-hydroxylation sites is 1. The highest BCUT2D eigenvalue weighted by molar-refractivity contribution is 5.68. The Kier molecular flexibility index (Phi) is 4.40. The van der Waals surface area contributed by atoms with Crippen molar-refractivity contribution in [3.63, 3.8) is 0 Å². The third-order valence-corrected chi connectivity index (χ3v) is 3.53. The molecule has 0 bridgehead atoms. The van der Waals surface area contributed by atoms with Crippen molar-refractivity contribution in [3.05, 3.63) is 29.8 Å². The molecule has 1 fully saturated rings. The normalized spacial score (nSPS) is 23.0. The van der Waals surface area contributed by atoms with E-state index in [9.17, 15) is 14.3 Å². The van der Waals surface area contributed by atoms with Crippen LogP contribution < -0.4 is 0 Å². The van der Waals surface area contributed by atoms with Crippen LogP contribution in [0.2, 0.25) is 0 Å². The van der Waals surface area contributed by atoms with Crippen LogP contribution in [0.3, 0.4) is 0 Å². The van der Waals surface area contributed by atoms with Crippen LogP contribution in [0.5, 0.6) is 5.75 Å². The number of phenolic OH excluding ortho intramolecular Hbond substituents is 1. The van der Waals surface area contributed by atoms with Crippen molar-refractivity contribution in [2.24, 2.45) is 0 Å². The Morgan fingerprint density at radius 3 is 2.62 bits per heavy atom. The number of amides is 1. The zero-order valence-electron chi connectivity index (χ0n) is 12.7. The fourth-order valence-electron chi connectivity index (χ4n) is 2.55. The molecule has 1 aliphatic heterocycles. The first-order chi connectivity index (χ1) is 9.78. The minimum atomic E-state index is -1.21. The lowest BCUT2D eigenvalue weighted by Gasteiger charge is -2.36. The highest BCUT2D eigenvalue weighted by Crippen LogP contribution is 2.35. The van der Waals surface area contributed by atoms with Crippen LogP contribution in [0, 0.1) is 0 Å². The number of carbonyl (C=O) groups excluding carboxylic acids is 1. The molecule has 0 spiro atoms. The zero-order valence-corrected chi connectivity index (χ0v) is 12.7. The zero-order chi connectivity index (χ0) is 15.6. The molecule has 0 aliphatic carbocycles. The van der Waals surface area contributed by atoms with Crippen LogP contribution in [0.25, 0.3) is 0 Å². The van der Waals surface area contributed by atoms with Crippen molar-refractivity contribution in [3.8, 4) is 5.75 Å². The van der Waals surface area contributed by atoms with E-state index in [0.717, 1.165) is 0 Å². The van der Waals surface area contributed by atoms with Gasteiger partial charge in [0.1, 0.15) is 17.5 Å². The standard InChI is InChI=1S/C16H22FNO3/c1-16(2,3)21-15(20)18-9-8-11(13(17)10-18)12-6-4-5-7-14(12)19/h4-7,11,13,19H,8-10H2,1-3H3. The molecule has 1 aliphatic rings. The summed E-state index contributed by atoms with van der Waals surface area (Å²) < 4.78 is 19.7. The molecule has 0 aromatic heterocycles. The molecule has 1 saturated heterocycles. The third kappa shape index (κ3) is 3.86. The number of hydrogen-bond donors (Lipinski definition) is 1. The number of piperidine rings is 1. The molecule has 0 saturated carbocycles. The van der Waals surface area contributed by atoms with Crippen LogP contribution in [0.1, 0.15) is 38.7 Å². The van der Waals surface area contributed by atoms with Gasteiger partial charge in [0.2, 0.25) is 0 Å². The van der Waals surface area contributed by atoms with E-state index in [1.807, 2.05) is 0 Å². The summed E-state index contributed by atoms with van der Waals surface area (Å²) in [5.41, 5.74) is 0.0195. The summed E-state index contributed by atoms with van der Waals surface area (Å²) >= 11 is 0. The number of ether oxygens (including phenoxy) is 1. The van der Waals surface area contributed by atoms with Crippen molar-refractivity contribution in [1.29, 1.82) is 0 Å². The number of carbonyl (C=O) groups is 1. The molecule has 1 heterocycles. The van der Waals surface area contributed by atoms with Crippen molar-refractivity contribution in [1.82, 2.24) is 4.90 Å². The van der Waals surface area contributed by atoms with Gasteiger partial charge in [-0.1, -0.05) is 18.2 Å². The number of alkyl halides is 1. The highest BCUT2D eigenvalue weighted by atomic mass is 19.1.